The lowest BCUT2D eigenvalue weighted by molar-refractivity contribution is -0.302. The Bertz CT molecular complexity index is 78.7. The molecule has 1 radical (unpaired) electrons. The summed E-state index contributed by atoms with van der Waals surface area (Å²) in [4.78, 5) is 10.0. The minimum atomic E-state index is -1.64. The molecule has 0 aliphatic heterocycles. The summed E-state index contributed by atoms with van der Waals surface area (Å²) in [6, 6.07) is 0. The lowest BCUT2D eigenvalue weighted by Gasteiger charge is -2.20. The van der Waals surface area contributed by atoms with Crippen LogP contribution in [0.5, 0.6) is 0 Å². The van der Waals surface area contributed by atoms with Crippen LogP contribution in [0.3, 0.4) is 0 Å². The average molecular weight is 133 g/mol. The summed E-state index contributed by atoms with van der Waals surface area (Å²) >= 11 is 0. The molecule has 9 heavy (non-hydrogen) atoms. The topological polar surface area (TPSA) is 44.8 Å². The van der Waals surface area contributed by atoms with E-state index in [9.17, 15) is 4.79 Å². The van der Waals surface area contributed by atoms with Gasteiger partial charge in [-0.3, -0.25) is 4.79 Å². The first-order chi connectivity index (χ1) is 4.24. The van der Waals surface area contributed by atoms with Gasteiger partial charge >= 0.3 is 5.97 Å². The quantitative estimate of drug-likeness (QED) is 0.493. The van der Waals surface area contributed by atoms with Crippen LogP contribution in [0.15, 0.2) is 0 Å². The smallest absolute Gasteiger partial charge is 0.324 e. The third kappa shape index (κ3) is 1.74. The Morgan fingerprint density at radius 2 is 1.44 bits per heavy atom. The Labute approximate surface area is 53.7 Å². The molecular formula is C5H9O4. The van der Waals surface area contributed by atoms with E-state index in [1.165, 1.54) is 27.6 Å². The van der Waals surface area contributed by atoms with E-state index in [-0.39, 0.29) is 0 Å². The van der Waals surface area contributed by atoms with Crippen molar-refractivity contribution in [2.24, 2.45) is 0 Å². The van der Waals surface area contributed by atoms with Gasteiger partial charge in [0.05, 0.1) is 0 Å². The van der Waals surface area contributed by atoms with Crippen molar-refractivity contribution in [1.82, 2.24) is 0 Å². The SMILES string of the molecule is COC([C]=O)(OC)OC. The molecule has 0 N–H and O–H groups in total. The fraction of sp³-hybridized carbons (Fsp3) is 0.800. The van der Waals surface area contributed by atoms with E-state index in [0.29, 0.717) is 0 Å². The predicted molar refractivity (Wildman–Crippen MR) is 29.5 cm³/mol. The Hall–Kier alpha value is -0.450. The monoisotopic (exact) mass is 133 g/mol. The van der Waals surface area contributed by atoms with Gasteiger partial charge in [-0.1, -0.05) is 0 Å². The lowest BCUT2D eigenvalue weighted by Crippen LogP contribution is -2.37. The zero-order valence-electron chi connectivity index (χ0n) is 5.63. The molecule has 0 fully saturated rings. The average Bonchev–Trinajstić information content (AvgIpc) is 1.95. The van der Waals surface area contributed by atoms with Gasteiger partial charge in [-0.25, -0.2) is 0 Å². The van der Waals surface area contributed by atoms with Crippen molar-refractivity contribution in [2.75, 3.05) is 21.3 Å². The largest absolute Gasteiger partial charge is 0.354 e. The fourth-order valence-electron chi connectivity index (χ4n) is 0.375. The number of methoxy groups -OCH3 is 3. The van der Waals surface area contributed by atoms with Gasteiger partial charge in [-0.15, -0.1) is 0 Å². The van der Waals surface area contributed by atoms with Crippen LogP contribution in [-0.2, 0) is 19.0 Å². The maximum atomic E-state index is 10.0. The number of hydrogen-bond acceptors (Lipinski definition) is 4. The molecule has 0 saturated heterocycles. The van der Waals surface area contributed by atoms with Gasteiger partial charge in [0.1, 0.15) is 0 Å². The minimum absolute atomic E-state index is 1.29. The second kappa shape index (κ2) is 3.55. The molecule has 0 bridgehead atoms. The van der Waals surface area contributed by atoms with Crippen LogP contribution >= 0.6 is 0 Å². The second-order valence-electron chi connectivity index (χ2n) is 1.27. The Morgan fingerprint density at radius 1 is 1.11 bits per heavy atom. The maximum absolute atomic E-state index is 10.0. The molecule has 0 aromatic heterocycles. The highest BCUT2D eigenvalue weighted by Crippen LogP contribution is 2.06. The molecule has 0 atom stereocenters. The van der Waals surface area contributed by atoms with Crippen LogP contribution < -0.4 is 0 Å². The molecule has 0 rings (SSSR count). The second-order valence-corrected chi connectivity index (χ2v) is 1.27. The normalized spacial score (nSPS) is 11.4. The summed E-state index contributed by atoms with van der Waals surface area (Å²) < 4.78 is 13.6. The van der Waals surface area contributed by atoms with Crippen molar-refractivity contribution >= 4 is 6.29 Å². The van der Waals surface area contributed by atoms with Crippen LogP contribution in [0.4, 0.5) is 0 Å². The van der Waals surface area contributed by atoms with Gasteiger partial charge in [0.15, 0.2) is 0 Å². The fourth-order valence-corrected chi connectivity index (χ4v) is 0.375. The van der Waals surface area contributed by atoms with Crippen LogP contribution in [0, 0.1) is 0 Å². The number of carbonyl (C=O) groups excluding carboxylic acids is 1. The van der Waals surface area contributed by atoms with E-state index in [4.69, 9.17) is 0 Å². The van der Waals surface area contributed by atoms with Crippen LogP contribution in [0.1, 0.15) is 0 Å². The highest BCUT2D eigenvalue weighted by atomic mass is 16.9. The Morgan fingerprint density at radius 3 is 1.44 bits per heavy atom. The molecule has 0 aliphatic rings. The van der Waals surface area contributed by atoms with Gasteiger partial charge in [-0.05, 0) is 0 Å². The minimum Gasteiger partial charge on any atom is -0.324 e. The molecular weight excluding hydrogens is 124 g/mol. The highest BCUT2D eigenvalue weighted by molar-refractivity contribution is 5.58. The molecule has 4 nitrogen and oxygen atoms in total. The van der Waals surface area contributed by atoms with E-state index in [1.54, 1.807) is 0 Å². The van der Waals surface area contributed by atoms with Crippen LogP contribution in [-0.4, -0.2) is 33.6 Å². The predicted octanol–water partition coefficient (Wildman–Crippen LogP) is -0.311. The van der Waals surface area contributed by atoms with Gasteiger partial charge in [-0.2, -0.15) is 0 Å². The molecule has 0 aliphatic carbocycles. The third-order valence-corrected chi connectivity index (χ3v) is 0.931. The third-order valence-electron chi connectivity index (χ3n) is 0.931. The first-order valence-electron chi connectivity index (χ1n) is 2.29. The van der Waals surface area contributed by atoms with Crippen molar-refractivity contribution in [2.45, 2.75) is 5.97 Å². The highest BCUT2D eigenvalue weighted by Gasteiger charge is 2.29. The van der Waals surface area contributed by atoms with E-state index >= 15 is 0 Å². The molecule has 4 heteroatoms. The summed E-state index contributed by atoms with van der Waals surface area (Å²) in [5.74, 6) is -1.64. The molecule has 0 aromatic carbocycles. The molecule has 0 aromatic rings. The molecule has 0 heterocycles. The summed E-state index contributed by atoms with van der Waals surface area (Å²) in [5, 5.41) is 0. The number of ether oxygens (including phenoxy) is 3. The van der Waals surface area contributed by atoms with Gasteiger partial charge < -0.3 is 14.2 Å². The van der Waals surface area contributed by atoms with Crippen LogP contribution in [0.2, 0.25) is 0 Å². The summed E-state index contributed by atoms with van der Waals surface area (Å²) in [5.41, 5.74) is 0. The first-order valence-corrected chi connectivity index (χ1v) is 2.29. The van der Waals surface area contributed by atoms with E-state index in [2.05, 4.69) is 14.2 Å². The Kier molecular flexibility index (Phi) is 3.37. The van der Waals surface area contributed by atoms with E-state index in [0.717, 1.165) is 0 Å². The lowest BCUT2D eigenvalue weighted by atomic mass is 10.6. The zero-order chi connectivity index (χ0) is 7.33. The van der Waals surface area contributed by atoms with Gasteiger partial charge in [0, 0.05) is 21.3 Å². The molecule has 0 unspecified atom stereocenters. The zero-order valence-corrected chi connectivity index (χ0v) is 5.63. The summed E-state index contributed by atoms with van der Waals surface area (Å²) in [6.45, 7) is 0. The van der Waals surface area contributed by atoms with Crippen molar-refractivity contribution in [3.05, 3.63) is 0 Å². The number of rotatable bonds is 4. The van der Waals surface area contributed by atoms with Gasteiger partial charge in [0.2, 0.25) is 0 Å². The van der Waals surface area contributed by atoms with Crippen molar-refractivity contribution in [1.29, 1.82) is 0 Å². The molecule has 0 saturated carbocycles. The van der Waals surface area contributed by atoms with Gasteiger partial charge in [0.25, 0.3) is 6.29 Å². The molecule has 0 spiro atoms. The first kappa shape index (κ1) is 8.55. The van der Waals surface area contributed by atoms with Crippen molar-refractivity contribution in [3.8, 4) is 0 Å². The summed E-state index contributed by atoms with van der Waals surface area (Å²) in [6.07, 6.45) is 1.45. The van der Waals surface area contributed by atoms with E-state index < -0.39 is 5.97 Å². The maximum Gasteiger partial charge on any atom is 0.354 e. The number of hydrogen-bond donors (Lipinski definition) is 0. The summed E-state index contributed by atoms with van der Waals surface area (Å²) in [7, 11) is 3.87. The van der Waals surface area contributed by atoms with Crippen LogP contribution in [0.25, 0.3) is 0 Å². The van der Waals surface area contributed by atoms with Crippen molar-refractivity contribution in [3.63, 3.8) is 0 Å². The standard InChI is InChI=1S/C5H9O4/c1-7-5(4-6,8-2)9-3/h1-3H3. The van der Waals surface area contributed by atoms with E-state index in [1.807, 2.05) is 0 Å². The molecule has 0 amide bonds. The molecule has 53 valence electrons. The Balaban J connectivity index is 3.98. The van der Waals surface area contributed by atoms with Crippen molar-refractivity contribution < 1.29 is 19.0 Å².